The maximum absolute atomic E-state index is 12.8. The van der Waals surface area contributed by atoms with Crippen LogP contribution >= 0.6 is 0 Å². The molecule has 2 aromatic rings. The Hall–Kier alpha value is -2.41. The molecule has 0 saturated carbocycles. The summed E-state index contributed by atoms with van der Waals surface area (Å²) in [5.41, 5.74) is 0.653. The van der Waals surface area contributed by atoms with E-state index in [1.165, 1.54) is 41.3 Å². The van der Waals surface area contributed by atoms with Gasteiger partial charge in [-0.25, -0.2) is 12.8 Å². The third-order valence-corrected chi connectivity index (χ3v) is 4.31. The first-order valence-electron chi connectivity index (χ1n) is 6.40. The van der Waals surface area contributed by atoms with Crippen LogP contribution in [0, 0.1) is 5.82 Å². The summed E-state index contributed by atoms with van der Waals surface area (Å²) in [6.45, 7) is 0. The lowest BCUT2D eigenvalue weighted by molar-refractivity contribution is 0.0827. The van der Waals surface area contributed by atoms with Crippen molar-refractivity contribution in [3.8, 4) is 0 Å². The Morgan fingerprint density at radius 3 is 2.05 bits per heavy atom. The van der Waals surface area contributed by atoms with Gasteiger partial charge >= 0.3 is 0 Å². The second-order valence-corrected chi connectivity index (χ2v) is 6.52. The van der Waals surface area contributed by atoms with Gasteiger partial charge in [-0.1, -0.05) is 0 Å². The molecule has 0 unspecified atom stereocenters. The topological polar surface area (TPSA) is 66.5 Å². The molecule has 7 heteroatoms. The first kappa shape index (κ1) is 16.0. The number of amides is 1. The van der Waals surface area contributed by atoms with E-state index in [4.69, 9.17) is 0 Å². The molecule has 22 heavy (non-hydrogen) atoms. The van der Waals surface area contributed by atoms with Crippen LogP contribution in [-0.2, 0) is 10.0 Å². The zero-order valence-electron chi connectivity index (χ0n) is 12.1. The minimum atomic E-state index is -3.79. The van der Waals surface area contributed by atoms with Crippen LogP contribution in [0.3, 0.4) is 0 Å². The highest BCUT2D eigenvalue weighted by Crippen LogP contribution is 2.17. The lowest BCUT2D eigenvalue weighted by atomic mass is 10.2. The number of hydrogen-bond donors (Lipinski definition) is 1. The molecule has 0 saturated heterocycles. The van der Waals surface area contributed by atoms with E-state index in [-0.39, 0.29) is 16.5 Å². The van der Waals surface area contributed by atoms with Crippen molar-refractivity contribution in [1.29, 1.82) is 0 Å². The highest BCUT2D eigenvalue weighted by molar-refractivity contribution is 7.92. The van der Waals surface area contributed by atoms with Gasteiger partial charge in [-0.3, -0.25) is 9.52 Å². The minimum Gasteiger partial charge on any atom is -0.345 e. The van der Waals surface area contributed by atoms with Crippen LogP contribution in [0.25, 0.3) is 0 Å². The molecule has 0 atom stereocenters. The van der Waals surface area contributed by atoms with Crippen molar-refractivity contribution in [2.75, 3.05) is 18.8 Å². The van der Waals surface area contributed by atoms with Gasteiger partial charge in [-0.05, 0) is 48.5 Å². The van der Waals surface area contributed by atoms with E-state index in [0.717, 1.165) is 12.1 Å². The largest absolute Gasteiger partial charge is 0.345 e. The zero-order valence-corrected chi connectivity index (χ0v) is 12.9. The van der Waals surface area contributed by atoms with Gasteiger partial charge in [0.2, 0.25) is 0 Å². The van der Waals surface area contributed by atoms with Gasteiger partial charge in [0.25, 0.3) is 15.9 Å². The summed E-state index contributed by atoms with van der Waals surface area (Å²) in [6, 6.07) is 10.6. The van der Waals surface area contributed by atoms with Gasteiger partial charge in [0.1, 0.15) is 5.82 Å². The Balaban J connectivity index is 2.22. The van der Waals surface area contributed by atoms with Gasteiger partial charge < -0.3 is 4.90 Å². The molecule has 0 aromatic heterocycles. The number of rotatable bonds is 4. The van der Waals surface area contributed by atoms with Gasteiger partial charge in [0, 0.05) is 25.3 Å². The lowest BCUT2D eigenvalue weighted by Crippen LogP contribution is -2.21. The predicted molar refractivity (Wildman–Crippen MR) is 81.7 cm³/mol. The number of sulfonamides is 1. The fraction of sp³-hybridized carbons (Fsp3) is 0.133. The average Bonchev–Trinajstić information content (AvgIpc) is 2.48. The maximum Gasteiger partial charge on any atom is 0.261 e. The van der Waals surface area contributed by atoms with E-state index in [1.807, 2.05) is 0 Å². The van der Waals surface area contributed by atoms with Crippen molar-refractivity contribution in [3.05, 3.63) is 59.9 Å². The highest BCUT2D eigenvalue weighted by atomic mass is 32.2. The number of nitrogens with one attached hydrogen (secondary N) is 1. The third kappa shape index (κ3) is 3.62. The Morgan fingerprint density at radius 1 is 1.00 bits per heavy atom. The van der Waals surface area contributed by atoms with Crippen molar-refractivity contribution in [2.45, 2.75) is 4.90 Å². The highest BCUT2D eigenvalue weighted by Gasteiger charge is 2.15. The molecule has 2 rings (SSSR count). The fourth-order valence-corrected chi connectivity index (χ4v) is 2.83. The number of hydrogen-bond acceptors (Lipinski definition) is 3. The average molecular weight is 322 g/mol. The molecule has 0 aliphatic carbocycles. The van der Waals surface area contributed by atoms with Crippen molar-refractivity contribution in [2.24, 2.45) is 0 Å². The molecular weight excluding hydrogens is 307 g/mol. The number of benzene rings is 2. The van der Waals surface area contributed by atoms with E-state index < -0.39 is 15.8 Å². The number of carbonyl (C=O) groups excluding carboxylic acids is 1. The van der Waals surface area contributed by atoms with Crippen molar-refractivity contribution in [3.63, 3.8) is 0 Å². The number of nitrogens with zero attached hydrogens (tertiary/aromatic N) is 1. The van der Waals surface area contributed by atoms with Crippen molar-refractivity contribution < 1.29 is 17.6 Å². The number of halogens is 1. The summed E-state index contributed by atoms with van der Waals surface area (Å²) in [5, 5.41) is 0. The standard InChI is InChI=1S/C15H15FN2O3S/c1-18(2)15(19)11-3-9-14(10-4-11)22(20,21)17-13-7-5-12(16)6-8-13/h3-10,17H,1-2H3. The molecule has 0 fully saturated rings. The molecular formula is C15H15FN2O3S. The molecule has 1 amide bonds. The fourth-order valence-electron chi connectivity index (χ4n) is 1.77. The first-order valence-corrected chi connectivity index (χ1v) is 7.88. The lowest BCUT2D eigenvalue weighted by Gasteiger charge is -2.11. The summed E-state index contributed by atoms with van der Waals surface area (Å²) >= 11 is 0. The Kier molecular flexibility index (Phi) is 4.46. The van der Waals surface area contributed by atoms with E-state index >= 15 is 0 Å². The SMILES string of the molecule is CN(C)C(=O)c1ccc(S(=O)(=O)Nc2ccc(F)cc2)cc1. The quantitative estimate of drug-likeness (QED) is 0.939. The van der Waals surface area contributed by atoms with Crippen LogP contribution in [0.5, 0.6) is 0 Å². The van der Waals surface area contributed by atoms with Gasteiger partial charge in [0.15, 0.2) is 0 Å². The molecule has 116 valence electrons. The molecule has 2 aromatic carbocycles. The molecule has 1 N–H and O–H groups in total. The Morgan fingerprint density at radius 2 is 1.55 bits per heavy atom. The van der Waals surface area contributed by atoms with E-state index in [0.29, 0.717) is 5.56 Å². The van der Waals surface area contributed by atoms with Crippen LogP contribution in [0.2, 0.25) is 0 Å². The van der Waals surface area contributed by atoms with Gasteiger partial charge in [0.05, 0.1) is 4.90 Å². The molecule has 0 bridgehead atoms. The van der Waals surface area contributed by atoms with Gasteiger partial charge in [-0.2, -0.15) is 0 Å². The third-order valence-electron chi connectivity index (χ3n) is 2.91. The molecule has 0 spiro atoms. The van der Waals surface area contributed by atoms with Crippen molar-refractivity contribution >= 4 is 21.6 Å². The summed E-state index contributed by atoms with van der Waals surface area (Å²) in [5.74, 6) is -0.662. The summed E-state index contributed by atoms with van der Waals surface area (Å²) in [4.78, 5) is 13.2. The van der Waals surface area contributed by atoms with Gasteiger partial charge in [-0.15, -0.1) is 0 Å². The van der Waals surface area contributed by atoms with Crippen LogP contribution in [-0.4, -0.2) is 33.3 Å². The van der Waals surface area contributed by atoms with Crippen LogP contribution < -0.4 is 4.72 Å². The number of carbonyl (C=O) groups is 1. The van der Waals surface area contributed by atoms with Crippen LogP contribution in [0.15, 0.2) is 53.4 Å². The Labute approximate surface area is 128 Å². The summed E-state index contributed by atoms with van der Waals surface area (Å²) in [7, 11) is -0.558. The molecule has 5 nitrogen and oxygen atoms in total. The molecule has 0 aliphatic rings. The first-order chi connectivity index (χ1) is 10.3. The van der Waals surface area contributed by atoms with Crippen molar-refractivity contribution in [1.82, 2.24) is 4.90 Å². The minimum absolute atomic E-state index is 0.0205. The van der Waals surface area contributed by atoms with Crippen LogP contribution in [0.4, 0.5) is 10.1 Å². The Bertz CT molecular complexity index is 769. The molecule has 0 radical (unpaired) electrons. The normalized spacial score (nSPS) is 11.0. The monoisotopic (exact) mass is 322 g/mol. The second kappa shape index (κ2) is 6.15. The predicted octanol–water partition coefficient (Wildman–Crippen LogP) is 2.33. The van der Waals surface area contributed by atoms with E-state index in [1.54, 1.807) is 14.1 Å². The maximum atomic E-state index is 12.8. The molecule has 0 aliphatic heterocycles. The summed E-state index contributed by atoms with van der Waals surface area (Å²) < 4.78 is 39.6. The number of anilines is 1. The zero-order chi connectivity index (χ0) is 16.3. The second-order valence-electron chi connectivity index (χ2n) is 4.84. The van der Waals surface area contributed by atoms with Crippen LogP contribution in [0.1, 0.15) is 10.4 Å². The summed E-state index contributed by atoms with van der Waals surface area (Å²) in [6.07, 6.45) is 0. The van der Waals surface area contributed by atoms with E-state index in [9.17, 15) is 17.6 Å². The van der Waals surface area contributed by atoms with E-state index in [2.05, 4.69) is 4.72 Å². The molecule has 0 heterocycles. The smallest absolute Gasteiger partial charge is 0.261 e.